The van der Waals surface area contributed by atoms with Crippen molar-refractivity contribution in [2.24, 2.45) is 5.92 Å². The van der Waals surface area contributed by atoms with Gasteiger partial charge < -0.3 is 4.74 Å². The second-order valence-electron chi connectivity index (χ2n) is 4.18. The summed E-state index contributed by atoms with van der Waals surface area (Å²) >= 11 is 7.08. The Hall–Kier alpha value is -0.190. The van der Waals surface area contributed by atoms with Gasteiger partial charge in [0.05, 0.1) is 0 Å². The predicted octanol–water partition coefficient (Wildman–Crippen LogP) is 3.85. The summed E-state index contributed by atoms with van der Waals surface area (Å²) in [6.07, 6.45) is 6.44. The van der Waals surface area contributed by atoms with Crippen molar-refractivity contribution in [3.8, 4) is 0 Å². The number of ether oxygens (including phenoxy) is 1. The molecule has 1 atom stereocenters. The van der Waals surface area contributed by atoms with Crippen molar-refractivity contribution in [2.45, 2.75) is 45.1 Å². The number of hydrogen-bond donors (Lipinski definition) is 0. The molecule has 0 saturated heterocycles. The highest BCUT2D eigenvalue weighted by molar-refractivity contribution is 7.10. The molecule has 0 aromatic carbocycles. The van der Waals surface area contributed by atoms with E-state index >= 15 is 0 Å². The zero-order chi connectivity index (χ0) is 11.4. The van der Waals surface area contributed by atoms with Crippen molar-refractivity contribution in [2.75, 3.05) is 6.61 Å². The minimum Gasteiger partial charge on any atom is -0.370 e. The van der Waals surface area contributed by atoms with E-state index in [-0.39, 0.29) is 6.10 Å². The van der Waals surface area contributed by atoms with E-state index in [1.54, 1.807) is 0 Å². The summed E-state index contributed by atoms with van der Waals surface area (Å²) in [7, 11) is 0. The summed E-state index contributed by atoms with van der Waals surface area (Å²) in [5.74, 6) is 1.35. The van der Waals surface area contributed by atoms with E-state index < -0.39 is 0 Å². The molecule has 1 heterocycles. The molecular formula is C11H17ClN2OS. The van der Waals surface area contributed by atoms with Crippen molar-refractivity contribution >= 4 is 23.1 Å². The molecule has 1 aromatic heterocycles. The molecule has 0 radical (unpaired) electrons. The highest BCUT2D eigenvalue weighted by Gasteiger charge is 2.28. The third-order valence-electron chi connectivity index (χ3n) is 3.10. The van der Waals surface area contributed by atoms with Crippen LogP contribution < -0.4 is 0 Å². The fraction of sp³-hybridized carbons (Fsp3) is 0.818. The molecule has 0 aliphatic heterocycles. The summed E-state index contributed by atoms with van der Waals surface area (Å²) < 4.78 is 10.6. The highest BCUT2D eigenvalue weighted by atomic mass is 35.5. The Kier molecular flexibility index (Phi) is 4.55. The van der Waals surface area contributed by atoms with E-state index in [4.69, 9.17) is 16.3 Å². The van der Waals surface area contributed by atoms with E-state index in [1.165, 1.54) is 43.6 Å². The van der Waals surface area contributed by atoms with Crippen LogP contribution in [0.15, 0.2) is 0 Å². The van der Waals surface area contributed by atoms with Gasteiger partial charge in [0.15, 0.2) is 5.82 Å². The third kappa shape index (κ3) is 2.93. The van der Waals surface area contributed by atoms with Crippen molar-refractivity contribution in [3.63, 3.8) is 0 Å². The van der Waals surface area contributed by atoms with E-state index in [9.17, 15) is 0 Å². The lowest BCUT2D eigenvalue weighted by Crippen LogP contribution is -2.20. The maximum absolute atomic E-state index is 5.83. The fourth-order valence-corrected chi connectivity index (χ4v) is 3.01. The molecule has 1 saturated carbocycles. The van der Waals surface area contributed by atoms with E-state index in [0.29, 0.717) is 17.0 Å². The van der Waals surface area contributed by atoms with Crippen LogP contribution in [-0.2, 0) is 4.74 Å². The monoisotopic (exact) mass is 260 g/mol. The molecule has 0 amide bonds. The summed E-state index contributed by atoms with van der Waals surface area (Å²) in [6, 6.07) is 0. The number of nitrogens with zero attached hydrogens (tertiary/aromatic N) is 2. The predicted molar refractivity (Wildman–Crippen MR) is 65.9 cm³/mol. The number of hydrogen-bond acceptors (Lipinski definition) is 4. The quantitative estimate of drug-likeness (QED) is 0.825. The van der Waals surface area contributed by atoms with Gasteiger partial charge in [-0.2, -0.15) is 4.37 Å². The Morgan fingerprint density at radius 1 is 1.44 bits per heavy atom. The molecule has 90 valence electrons. The number of halogens is 1. The van der Waals surface area contributed by atoms with Gasteiger partial charge in [-0.25, -0.2) is 4.98 Å². The molecule has 1 aliphatic carbocycles. The molecule has 0 N–H and O–H groups in total. The van der Waals surface area contributed by atoms with Crippen molar-refractivity contribution in [1.29, 1.82) is 0 Å². The topological polar surface area (TPSA) is 35.0 Å². The maximum Gasteiger partial charge on any atom is 0.203 e. The lowest BCUT2D eigenvalue weighted by Gasteiger charge is -2.28. The first kappa shape index (κ1) is 12.3. The largest absolute Gasteiger partial charge is 0.370 e. The summed E-state index contributed by atoms with van der Waals surface area (Å²) in [5, 5.41) is 0. The van der Waals surface area contributed by atoms with Crippen LogP contribution >= 0.6 is 23.1 Å². The summed E-state index contributed by atoms with van der Waals surface area (Å²) in [5.41, 5.74) is 0. The molecule has 1 aromatic rings. The van der Waals surface area contributed by atoms with Crippen LogP contribution in [0.5, 0.6) is 0 Å². The van der Waals surface area contributed by atoms with Crippen LogP contribution in [0.25, 0.3) is 0 Å². The molecule has 3 nitrogen and oxygen atoms in total. The van der Waals surface area contributed by atoms with Gasteiger partial charge in [-0.15, -0.1) is 0 Å². The number of rotatable bonds is 4. The molecule has 1 fully saturated rings. The van der Waals surface area contributed by atoms with Crippen LogP contribution in [0.4, 0.5) is 0 Å². The van der Waals surface area contributed by atoms with Crippen LogP contribution in [0, 0.1) is 5.92 Å². The smallest absolute Gasteiger partial charge is 0.203 e. The molecule has 0 spiro atoms. The van der Waals surface area contributed by atoms with Crippen LogP contribution in [-0.4, -0.2) is 16.0 Å². The number of aromatic nitrogens is 2. The van der Waals surface area contributed by atoms with Gasteiger partial charge in [0.25, 0.3) is 0 Å². The second-order valence-corrected chi connectivity index (χ2v) is 5.51. The van der Waals surface area contributed by atoms with Gasteiger partial charge in [-0.1, -0.05) is 19.3 Å². The standard InChI is InChI=1S/C11H17ClN2OS/c1-2-15-9(8-6-4-3-5-7-8)10-13-11(12)16-14-10/h8-9H,2-7H2,1H3. The molecule has 5 heteroatoms. The van der Waals surface area contributed by atoms with Crippen molar-refractivity contribution in [1.82, 2.24) is 9.36 Å². The Balaban J connectivity index is 2.09. The van der Waals surface area contributed by atoms with Gasteiger partial charge in [-0.3, -0.25) is 0 Å². The van der Waals surface area contributed by atoms with Gasteiger partial charge in [0.1, 0.15) is 6.10 Å². The minimum absolute atomic E-state index is 0.0500. The zero-order valence-corrected chi connectivity index (χ0v) is 11.1. The van der Waals surface area contributed by atoms with E-state index in [0.717, 1.165) is 5.82 Å². The lowest BCUT2D eigenvalue weighted by atomic mass is 9.85. The minimum atomic E-state index is 0.0500. The van der Waals surface area contributed by atoms with Crippen LogP contribution in [0.1, 0.15) is 51.0 Å². The van der Waals surface area contributed by atoms with Crippen molar-refractivity contribution < 1.29 is 4.74 Å². The Labute approximate surface area is 105 Å². The SMILES string of the molecule is CCOC(c1nsc(Cl)n1)C1CCCCC1. The van der Waals surface area contributed by atoms with Crippen molar-refractivity contribution in [3.05, 3.63) is 10.3 Å². The Morgan fingerprint density at radius 2 is 2.19 bits per heavy atom. The second kappa shape index (κ2) is 5.94. The normalized spacial score (nSPS) is 19.9. The molecule has 16 heavy (non-hydrogen) atoms. The van der Waals surface area contributed by atoms with Crippen LogP contribution in [0.3, 0.4) is 0 Å². The van der Waals surface area contributed by atoms with Gasteiger partial charge in [0.2, 0.25) is 4.47 Å². The molecule has 1 aliphatic rings. The Morgan fingerprint density at radius 3 is 2.75 bits per heavy atom. The third-order valence-corrected chi connectivity index (χ3v) is 3.91. The molecule has 0 bridgehead atoms. The lowest BCUT2D eigenvalue weighted by molar-refractivity contribution is 0.000592. The van der Waals surface area contributed by atoms with Gasteiger partial charge >= 0.3 is 0 Å². The first-order valence-corrected chi connectivity index (χ1v) is 7.07. The highest BCUT2D eigenvalue weighted by Crippen LogP contribution is 2.36. The average molecular weight is 261 g/mol. The molecule has 1 unspecified atom stereocenters. The van der Waals surface area contributed by atoms with Crippen LogP contribution in [0.2, 0.25) is 4.47 Å². The van der Waals surface area contributed by atoms with Gasteiger partial charge in [-0.05, 0) is 48.8 Å². The fourth-order valence-electron chi connectivity index (χ4n) is 2.37. The summed E-state index contributed by atoms with van der Waals surface area (Å²) in [4.78, 5) is 4.25. The average Bonchev–Trinajstić information content (AvgIpc) is 2.74. The first-order chi connectivity index (χ1) is 7.81. The first-order valence-electron chi connectivity index (χ1n) is 5.92. The Bertz CT molecular complexity index is 326. The van der Waals surface area contributed by atoms with E-state index in [2.05, 4.69) is 9.36 Å². The zero-order valence-electron chi connectivity index (χ0n) is 9.49. The maximum atomic E-state index is 5.83. The van der Waals surface area contributed by atoms with E-state index in [1.807, 2.05) is 6.92 Å². The molecule has 2 rings (SSSR count). The summed E-state index contributed by atoms with van der Waals surface area (Å²) in [6.45, 7) is 2.72. The van der Waals surface area contributed by atoms with Gasteiger partial charge in [0, 0.05) is 6.61 Å². The molecular weight excluding hydrogens is 244 g/mol.